The first-order chi connectivity index (χ1) is 10.7. The van der Waals surface area contributed by atoms with Gasteiger partial charge in [-0.3, -0.25) is 4.79 Å². The van der Waals surface area contributed by atoms with Crippen LogP contribution in [-0.4, -0.2) is 45.2 Å². The lowest BCUT2D eigenvalue weighted by molar-refractivity contribution is -1.01. The molecule has 22 heavy (non-hydrogen) atoms. The van der Waals surface area contributed by atoms with Gasteiger partial charge in [0.25, 0.3) is 0 Å². The number of fused-ring (bicyclic) bond motifs is 1. The number of hydrogen-bond donors (Lipinski definition) is 3. The summed E-state index contributed by atoms with van der Waals surface area (Å²) in [7, 11) is 0. The topological polar surface area (TPSA) is 38.0 Å². The fourth-order valence-electron chi connectivity index (χ4n) is 3.72. The minimum atomic E-state index is 0.163. The summed E-state index contributed by atoms with van der Waals surface area (Å²) in [6, 6.07) is 6.39. The van der Waals surface area contributed by atoms with Crippen LogP contribution in [0.15, 0.2) is 18.2 Å². The van der Waals surface area contributed by atoms with Crippen LogP contribution in [-0.2, 0) is 17.6 Å². The Morgan fingerprint density at radius 1 is 1.09 bits per heavy atom. The molecule has 120 valence electrons. The van der Waals surface area contributed by atoms with Gasteiger partial charge in [0.15, 0.2) is 0 Å². The summed E-state index contributed by atoms with van der Waals surface area (Å²) < 4.78 is 0. The average Bonchev–Trinajstić information content (AvgIpc) is 3.01. The van der Waals surface area contributed by atoms with Gasteiger partial charge in [-0.15, -0.1) is 0 Å². The van der Waals surface area contributed by atoms with Crippen molar-refractivity contribution in [1.29, 1.82) is 0 Å². The summed E-state index contributed by atoms with van der Waals surface area (Å²) >= 11 is 0. The summed E-state index contributed by atoms with van der Waals surface area (Å²) in [5.74, 6) is 0.163. The minimum absolute atomic E-state index is 0.163. The van der Waals surface area contributed by atoms with E-state index in [1.807, 2.05) is 0 Å². The van der Waals surface area contributed by atoms with Gasteiger partial charge in [-0.1, -0.05) is 6.07 Å². The summed E-state index contributed by atoms with van der Waals surface area (Å²) in [6.45, 7) is 9.35. The Hall–Kier alpha value is -1.39. The molecule has 1 fully saturated rings. The maximum atomic E-state index is 12.1. The monoisotopic (exact) mass is 303 g/mol. The fourth-order valence-corrected chi connectivity index (χ4v) is 3.72. The van der Waals surface area contributed by atoms with Crippen LogP contribution in [0, 0.1) is 0 Å². The highest BCUT2D eigenvalue weighted by atomic mass is 16.1. The van der Waals surface area contributed by atoms with Crippen LogP contribution >= 0.6 is 0 Å². The van der Waals surface area contributed by atoms with E-state index in [1.54, 1.807) is 9.80 Å². The SMILES string of the molecule is CC[NH+]1CC[NH+](CCC(=O)Nc2ccc3c(c2)CCC3)CC1. The van der Waals surface area contributed by atoms with Gasteiger partial charge in [0.05, 0.1) is 19.5 Å². The number of amides is 1. The second kappa shape index (κ2) is 7.25. The number of aryl methyl sites for hydroxylation is 2. The van der Waals surface area contributed by atoms with Crippen molar-refractivity contribution in [1.82, 2.24) is 0 Å². The molecule has 0 atom stereocenters. The molecule has 4 heteroatoms. The van der Waals surface area contributed by atoms with Gasteiger partial charge in [0.1, 0.15) is 26.2 Å². The number of rotatable bonds is 5. The number of quaternary nitrogens is 2. The Labute approximate surface area is 133 Å². The maximum absolute atomic E-state index is 12.1. The summed E-state index contributed by atoms with van der Waals surface area (Å²) in [5.41, 5.74) is 3.85. The smallest absolute Gasteiger partial charge is 0.230 e. The molecular formula is C18H29N3O+2. The van der Waals surface area contributed by atoms with Gasteiger partial charge in [-0.05, 0) is 49.4 Å². The number of piperazine rings is 1. The Bertz CT molecular complexity index is 521. The number of carbonyl (C=O) groups excluding carboxylic acids is 1. The van der Waals surface area contributed by atoms with Crippen molar-refractivity contribution < 1.29 is 14.6 Å². The first-order valence-electron chi connectivity index (χ1n) is 8.83. The molecule has 2 aliphatic rings. The quantitative estimate of drug-likeness (QED) is 0.662. The zero-order valence-corrected chi connectivity index (χ0v) is 13.7. The first-order valence-corrected chi connectivity index (χ1v) is 8.83. The number of anilines is 1. The van der Waals surface area contributed by atoms with Crippen LogP contribution in [0.4, 0.5) is 5.69 Å². The number of carbonyl (C=O) groups is 1. The van der Waals surface area contributed by atoms with Crippen LogP contribution in [0.2, 0.25) is 0 Å². The van der Waals surface area contributed by atoms with E-state index >= 15 is 0 Å². The molecule has 1 saturated heterocycles. The molecule has 4 nitrogen and oxygen atoms in total. The Morgan fingerprint density at radius 2 is 1.82 bits per heavy atom. The maximum Gasteiger partial charge on any atom is 0.230 e. The largest absolute Gasteiger partial charge is 0.326 e. The Balaban J connectivity index is 1.43. The molecule has 0 aromatic heterocycles. The highest BCUT2D eigenvalue weighted by Gasteiger charge is 2.22. The second-order valence-corrected chi connectivity index (χ2v) is 6.74. The van der Waals surface area contributed by atoms with Crippen molar-refractivity contribution in [3.63, 3.8) is 0 Å². The number of likely N-dealkylation sites (N-methyl/N-ethyl adjacent to an activating group) is 1. The number of nitrogens with one attached hydrogen (secondary N) is 3. The van der Waals surface area contributed by atoms with Gasteiger partial charge >= 0.3 is 0 Å². The normalized spacial score (nSPS) is 24.0. The molecule has 1 aromatic carbocycles. The average molecular weight is 303 g/mol. The van der Waals surface area contributed by atoms with Crippen molar-refractivity contribution >= 4 is 11.6 Å². The minimum Gasteiger partial charge on any atom is -0.326 e. The van der Waals surface area contributed by atoms with E-state index in [1.165, 1.54) is 56.7 Å². The number of benzene rings is 1. The van der Waals surface area contributed by atoms with Gasteiger partial charge in [-0.2, -0.15) is 0 Å². The van der Waals surface area contributed by atoms with Crippen molar-refractivity contribution in [2.45, 2.75) is 32.6 Å². The van der Waals surface area contributed by atoms with Crippen molar-refractivity contribution in [3.05, 3.63) is 29.3 Å². The van der Waals surface area contributed by atoms with E-state index in [0.29, 0.717) is 6.42 Å². The summed E-state index contributed by atoms with van der Waals surface area (Å²) in [4.78, 5) is 15.4. The zero-order chi connectivity index (χ0) is 15.4. The van der Waals surface area contributed by atoms with E-state index in [-0.39, 0.29) is 5.91 Å². The van der Waals surface area contributed by atoms with Gasteiger partial charge in [-0.25, -0.2) is 0 Å². The van der Waals surface area contributed by atoms with Crippen molar-refractivity contribution in [2.75, 3.05) is 44.6 Å². The highest BCUT2D eigenvalue weighted by Crippen LogP contribution is 2.24. The molecule has 3 N–H and O–H groups in total. The van der Waals surface area contributed by atoms with E-state index in [2.05, 4.69) is 30.4 Å². The molecule has 1 aliphatic carbocycles. The third-order valence-electron chi connectivity index (χ3n) is 5.25. The van der Waals surface area contributed by atoms with Crippen LogP contribution in [0.3, 0.4) is 0 Å². The van der Waals surface area contributed by atoms with E-state index in [0.717, 1.165) is 18.7 Å². The second-order valence-electron chi connectivity index (χ2n) is 6.74. The van der Waals surface area contributed by atoms with Crippen LogP contribution in [0.1, 0.15) is 30.9 Å². The lowest BCUT2D eigenvalue weighted by atomic mass is 10.1. The summed E-state index contributed by atoms with van der Waals surface area (Å²) in [5, 5.41) is 3.07. The molecule has 1 aromatic rings. The molecule has 0 bridgehead atoms. The molecule has 1 amide bonds. The lowest BCUT2D eigenvalue weighted by Gasteiger charge is -2.28. The van der Waals surface area contributed by atoms with Crippen LogP contribution in [0.5, 0.6) is 0 Å². The van der Waals surface area contributed by atoms with Gasteiger partial charge in [0, 0.05) is 5.69 Å². The highest BCUT2D eigenvalue weighted by molar-refractivity contribution is 5.90. The molecular weight excluding hydrogens is 274 g/mol. The van der Waals surface area contributed by atoms with Crippen molar-refractivity contribution in [2.24, 2.45) is 0 Å². The molecule has 1 aliphatic heterocycles. The lowest BCUT2D eigenvalue weighted by Crippen LogP contribution is -3.28. The molecule has 0 saturated carbocycles. The summed E-state index contributed by atoms with van der Waals surface area (Å²) in [6.07, 6.45) is 4.24. The standard InChI is InChI=1S/C18H27N3O/c1-2-20-10-12-21(13-11-20)9-8-18(22)19-17-7-6-15-4-3-5-16(15)14-17/h6-7,14H,2-5,8-13H2,1H3,(H,19,22)/p+2. The first kappa shape index (κ1) is 15.5. The predicted molar refractivity (Wildman–Crippen MR) is 88.5 cm³/mol. The molecule has 0 unspecified atom stereocenters. The van der Waals surface area contributed by atoms with Gasteiger partial charge < -0.3 is 15.1 Å². The van der Waals surface area contributed by atoms with Gasteiger partial charge in [0.2, 0.25) is 5.91 Å². The third-order valence-corrected chi connectivity index (χ3v) is 5.25. The van der Waals surface area contributed by atoms with Crippen LogP contribution in [0.25, 0.3) is 0 Å². The van der Waals surface area contributed by atoms with E-state index < -0.39 is 0 Å². The van der Waals surface area contributed by atoms with Crippen LogP contribution < -0.4 is 15.1 Å². The molecule has 3 rings (SSSR count). The zero-order valence-electron chi connectivity index (χ0n) is 13.7. The van der Waals surface area contributed by atoms with E-state index in [4.69, 9.17) is 0 Å². The Kier molecular flexibility index (Phi) is 5.11. The third kappa shape index (κ3) is 3.87. The van der Waals surface area contributed by atoms with E-state index in [9.17, 15) is 4.79 Å². The Morgan fingerprint density at radius 3 is 2.59 bits per heavy atom. The molecule has 1 heterocycles. The fraction of sp³-hybridized carbons (Fsp3) is 0.611. The molecule has 0 spiro atoms. The number of hydrogen-bond acceptors (Lipinski definition) is 1. The predicted octanol–water partition coefficient (Wildman–Crippen LogP) is -0.693. The molecule has 0 radical (unpaired) electrons. The van der Waals surface area contributed by atoms with Crippen molar-refractivity contribution in [3.8, 4) is 0 Å².